The first-order valence-electron chi connectivity index (χ1n) is 5.13. The van der Waals surface area contributed by atoms with E-state index in [0.29, 0.717) is 19.1 Å². The molecule has 0 atom stereocenters. The Kier molecular flexibility index (Phi) is 3.49. The van der Waals surface area contributed by atoms with E-state index in [9.17, 15) is 0 Å². The third-order valence-electron chi connectivity index (χ3n) is 2.43. The molecule has 1 heterocycles. The highest BCUT2D eigenvalue weighted by atomic mass is 35.5. The maximum Gasteiger partial charge on any atom is 0.202 e. The minimum atomic E-state index is -0.761. The van der Waals surface area contributed by atoms with E-state index < -0.39 is 5.79 Å². The molecule has 2 N–H and O–H groups in total. The number of anilines is 1. The third-order valence-corrected chi connectivity index (χ3v) is 2.80. The molecule has 0 amide bonds. The molecular weight excluding hydrogens is 226 g/mol. The minimum absolute atomic E-state index is 0.290. The molecule has 0 aromatic heterocycles. The standard InChI is InChI=1S/C12H14ClNO2/c13-9-12(15-7-8-16-12)6-5-10-1-3-11(14)4-2-10/h1-6H,7-9,14H2. The van der Waals surface area contributed by atoms with Crippen molar-refractivity contribution in [3.8, 4) is 0 Å². The summed E-state index contributed by atoms with van der Waals surface area (Å²) >= 11 is 5.83. The van der Waals surface area contributed by atoms with Crippen molar-refractivity contribution in [2.75, 3.05) is 24.8 Å². The number of hydrogen-bond acceptors (Lipinski definition) is 3. The molecular formula is C12H14ClNO2. The first-order valence-corrected chi connectivity index (χ1v) is 5.66. The van der Waals surface area contributed by atoms with Crippen molar-refractivity contribution in [2.45, 2.75) is 5.79 Å². The fourth-order valence-electron chi connectivity index (χ4n) is 1.52. The van der Waals surface area contributed by atoms with Gasteiger partial charge in [-0.1, -0.05) is 18.2 Å². The quantitative estimate of drug-likeness (QED) is 0.650. The van der Waals surface area contributed by atoms with Crippen LogP contribution in [0.1, 0.15) is 5.56 Å². The van der Waals surface area contributed by atoms with Gasteiger partial charge >= 0.3 is 0 Å². The van der Waals surface area contributed by atoms with Crippen LogP contribution in [-0.4, -0.2) is 24.9 Å². The van der Waals surface area contributed by atoms with Crippen molar-refractivity contribution >= 4 is 23.4 Å². The Hall–Kier alpha value is -1.03. The number of benzene rings is 1. The van der Waals surface area contributed by atoms with Gasteiger partial charge in [0.05, 0.1) is 19.1 Å². The Bertz CT molecular complexity index is 369. The molecule has 4 heteroatoms. The molecule has 1 aliphatic rings. The van der Waals surface area contributed by atoms with Crippen molar-refractivity contribution in [1.82, 2.24) is 0 Å². The summed E-state index contributed by atoms with van der Waals surface area (Å²) in [5.74, 6) is -0.471. The lowest BCUT2D eigenvalue weighted by Crippen LogP contribution is -2.29. The van der Waals surface area contributed by atoms with E-state index in [0.717, 1.165) is 11.3 Å². The maximum absolute atomic E-state index is 5.83. The highest BCUT2D eigenvalue weighted by molar-refractivity contribution is 6.18. The highest BCUT2D eigenvalue weighted by Gasteiger charge is 2.32. The van der Waals surface area contributed by atoms with Crippen LogP contribution in [0.3, 0.4) is 0 Å². The zero-order chi connectivity index (χ0) is 11.4. The molecule has 0 radical (unpaired) electrons. The number of nitrogen functional groups attached to an aromatic ring is 1. The monoisotopic (exact) mass is 239 g/mol. The van der Waals surface area contributed by atoms with Gasteiger partial charge in [0.15, 0.2) is 0 Å². The number of hydrogen-bond donors (Lipinski definition) is 1. The van der Waals surface area contributed by atoms with Gasteiger partial charge in [-0.25, -0.2) is 0 Å². The molecule has 86 valence electrons. The van der Waals surface area contributed by atoms with E-state index in [1.165, 1.54) is 0 Å². The molecule has 0 unspecified atom stereocenters. The van der Waals surface area contributed by atoms with Crippen LogP contribution in [0, 0.1) is 0 Å². The number of rotatable bonds is 3. The molecule has 2 rings (SSSR count). The average molecular weight is 240 g/mol. The van der Waals surface area contributed by atoms with Crippen LogP contribution in [0.4, 0.5) is 5.69 Å². The van der Waals surface area contributed by atoms with E-state index in [4.69, 9.17) is 26.8 Å². The fourth-order valence-corrected chi connectivity index (χ4v) is 1.76. The molecule has 1 aliphatic heterocycles. The number of ether oxygens (including phenoxy) is 2. The SMILES string of the molecule is Nc1ccc(C=CC2(CCl)OCCO2)cc1. The molecule has 1 aromatic rings. The molecule has 16 heavy (non-hydrogen) atoms. The Labute approximate surface area is 99.8 Å². The van der Waals surface area contributed by atoms with E-state index in [2.05, 4.69) is 0 Å². The van der Waals surface area contributed by atoms with Crippen molar-refractivity contribution in [3.05, 3.63) is 35.9 Å². The summed E-state index contributed by atoms with van der Waals surface area (Å²) in [6, 6.07) is 7.57. The van der Waals surface area contributed by atoms with Gasteiger partial charge in [0.25, 0.3) is 0 Å². The van der Waals surface area contributed by atoms with E-state index in [1.54, 1.807) is 0 Å². The molecule has 0 spiro atoms. The summed E-state index contributed by atoms with van der Waals surface area (Å²) in [7, 11) is 0. The lowest BCUT2D eigenvalue weighted by Gasteiger charge is -2.20. The van der Waals surface area contributed by atoms with E-state index in [-0.39, 0.29) is 0 Å². The highest BCUT2D eigenvalue weighted by Crippen LogP contribution is 2.23. The zero-order valence-electron chi connectivity index (χ0n) is 8.86. The predicted octanol–water partition coefficient (Wildman–Crippen LogP) is 2.26. The normalized spacial score (nSPS) is 19.3. The van der Waals surface area contributed by atoms with Crippen molar-refractivity contribution in [1.29, 1.82) is 0 Å². The minimum Gasteiger partial charge on any atom is -0.399 e. The molecule has 1 fully saturated rings. The Morgan fingerprint density at radius 3 is 2.44 bits per heavy atom. The fraction of sp³-hybridized carbons (Fsp3) is 0.333. The topological polar surface area (TPSA) is 44.5 Å². The van der Waals surface area contributed by atoms with Gasteiger partial charge in [0.1, 0.15) is 0 Å². The maximum atomic E-state index is 5.83. The van der Waals surface area contributed by atoms with Gasteiger partial charge in [-0.3, -0.25) is 0 Å². The summed E-state index contributed by atoms with van der Waals surface area (Å²) in [4.78, 5) is 0. The molecule has 0 aliphatic carbocycles. The van der Waals surface area contributed by atoms with E-state index in [1.807, 2.05) is 36.4 Å². The lowest BCUT2D eigenvalue weighted by atomic mass is 10.1. The van der Waals surface area contributed by atoms with Crippen LogP contribution in [0.15, 0.2) is 30.3 Å². The van der Waals surface area contributed by atoms with Crippen molar-refractivity contribution in [3.63, 3.8) is 0 Å². The van der Waals surface area contributed by atoms with Crippen LogP contribution < -0.4 is 5.73 Å². The molecule has 1 saturated heterocycles. The van der Waals surface area contributed by atoms with Crippen LogP contribution in [0.5, 0.6) is 0 Å². The third kappa shape index (κ3) is 2.55. The Morgan fingerprint density at radius 2 is 1.88 bits per heavy atom. The predicted molar refractivity (Wildman–Crippen MR) is 65.2 cm³/mol. The van der Waals surface area contributed by atoms with Gasteiger partial charge in [0, 0.05) is 5.69 Å². The molecule has 0 bridgehead atoms. The molecule has 1 aromatic carbocycles. The number of halogens is 1. The summed E-state index contributed by atoms with van der Waals surface area (Å²) in [5.41, 5.74) is 7.39. The summed E-state index contributed by atoms with van der Waals surface area (Å²) in [6.45, 7) is 1.16. The zero-order valence-corrected chi connectivity index (χ0v) is 9.61. The number of alkyl halides is 1. The van der Waals surface area contributed by atoms with Gasteiger partial charge in [-0.2, -0.15) is 0 Å². The second kappa shape index (κ2) is 4.87. The largest absolute Gasteiger partial charge is 0.399 e. The smallest absolute Gasteiger partial charge is 0.202 e. The van der Waals surface area contributed by atoms with Crippen LogP contribution in [0.25, 0.3) is 6.08 Å². The second-order valence-corrected chi connectivity index (χ2v) is 3.91. The van der Waals surface area contributed by atoms with Gasteiger partial charge < -0.3 is 15.2 Å². The van der Waals surface area contributed by atoms with Crippen molar-refractivity contribution < 1.29 is 9.47 Å². The Balaban J connectivity index is 2.10. The first kappa shape index (κ1) is 11.5. The first-order chi connectivity index (χ1) is 7.74. The van der Waals surface area contributed by atoms with E-state index >= 15 is 0 Å². The van der Waals surface area contributed by atoms with Gasteiger partial charge in [0.2, 0.25) is 5.79 Å². The summed E-state index contributed by atoms with van der Waals surface area (Å²) in [6.07, 6.45) is 3.77. The van der Waals surface area contributed by atoms with Crippen LogP contribution in [0.2, 0.25) is 0 Å². The summed E-state index contributed by atoms with van der Waals surface area (Å²) < 4.78 is 10.9. The molecule has 3 nitrogen and oxygen atoms in total. The lowest BCUT2D eigenvalue weighted by molar-refractivity contribution is -0.0959. The van der Waals surface area contributed by atoms with Crippen molar-refractivity contribution in [2.24, 2.45) is 0 Å². The second-order valence-electron chi connectivity index (χ2n) is 3.64. The van der Waals surface area contributed by atoms with Gasteiger partial charge in [-0.15, -0.1) is 11.6 Å². The summed E-state index contributed by atoms with van der Waals surface area (Å²) in [5, 5.41) is 0. The average Bonchev–Trinajstić information content (AvgIpc) is 2.78. The van der Waals surface area contributed by atoms with Crippen LogP contribution >= 0.6 is 11.6 Å². The van der Waals surface area contributed by atoms with Gasteiger partial charge in [-0.05, 0) is 23.8 Å². The Morgan fingerprint density at radius 1 is 1.25 bits per heavy atom. The molecule has 0 saturated carbocycles. The van der Waals surface area contributed by atoms with Crippen LogP contribution in [-0.2, 0) is 9.47 Å². The number of nitrogens with two attached hydrogens (primary N) is 1.